The minimum atomic E-state index is -0.296. The smallest absolute Gasteiger partial charge is 0.132 e. The summed E-state index contributed by atoms with van der Waals surface area (Å²) in [6.07, 6.45) is 0.694. The van der Waals surface area contributed by atoms with Crippen LogP contribution in [0.25, 0.3) is 0 Å². The second-order valence-electron chi connectivity index (χ2n) is 0.995. The lowest BCUT2D eigenvalue weighted by Gasteiger charge is -1.80. The number of hydrogen-bond acceptors (Lipinski definition) is 2. The molecule has 1 atom stereocenters. The maximum atomic E-state index is 9.38. The fourth-order valence-electron chi connectivity index (χ4n) is 0. The largest absolute Gasteiger partial charge is 0.329 e. The van der Waals surface area contributed by atoms with Crippen LogP contribution in [-0.4, -0.2) is 20.1 Å². The van der Waals surface area contributed by atoms with Crippen molar-refractivity contribution in [3.8, 4) is 0 Å². The maximum absolute atomic E-state index is 9.38. The summed E-state index contributed by atoms with van der Waals surface area (Å²) in [6.45, 7) is 0. The molecule has 0 amide bonds. The van der Waals surface area contributed by atoms with E-state index in [1.807, 2.05) is 0 Å². The van der Waals surface area contributed by atoms with E-state index in [4.69, 9.17) is 5.73 Å². The quantitative estimate of drug-likeness (QED) is 0.290. The highest BCUT2D eigenvalue weighted by atomic mass is 16.1. The van der Waals surface area contributed by atoms with Gasteiger partial charge in [0.2, 0.25) is 0 Å². The summed E-state index contributed by atoms with van der Waals surface area (Å²) >= 11 is 0. The summed E-state index contributed by atoms with van der Waals surface area (Å²) in [5.74, 6) is -0.296. The molecule has 0 spiro atoms. The Morgan fingerprint density at radius 2 is 2.20 bits per heavy atom. The summed E-state index contributed by atoms with van der Waals surface area (Å²) in [6, 6.07) is 0. The highest BCUT2D eigenvalue weighted by Gasteiger charge is 1.80. The molecule has 0 rings (SSSR count). The molecule has 0 aromatic carbocycles. The molecule has 2 N–H and O–H groups in total. The molecule has 0 radical (unpaired) electrons. The molecule has 5 heavy (non-hydrogen) atoms. The summed E-state index contributed by atoms with van der Waals surface area (Å²) in [5, 5.41) is 0. The van der Waals surface area contributed by atoms with Crippen molar-refractivity contribution in [2.75, 3.05) is 0 Å². The molecule has 3 heteroatoms. The van der Waals surface area contributed by atoms with E-state index in [1.54, 1.807) is 7.85 Å². The zero-order chi connectivity index (χ0) is 4.28. The second-order valence-corrected chi connectivity index (χ2v) is 0.995. The van der Waals surface area contributed by atoms with E-state index in [0.29, 0.717) is 6.29 Å². The van der Waals surface area contributed by atoms with Crippen molar-refractivity contribution >= 4 is 14.1 Å². The molecule has 0 fully saturated rings. The van der Waals surface area contributed by atoms with Crippen molar-refractivity contribution in [1.29, 1.82) is 0 Å². The van der Waals surface area contributed by atoms with E-state index in [2.05, 4.69) is 0 Å². The fourth-order valence-corrected chi connectivity index (χ4v) is 0. The van der Waals surface area contributed by atoms with E-state index >= 15 is 0 Å². The average molecular weight is 70.9 g/mol. The van der Waals surface area contributed by atoms with E-state index in [0.717, 1.165) is 0 Å². The van der Waals surface area contributed by atoms with Gasteiger partial charge in [0.15, 0.2) is 0 Å². The van der Waals surface area contributed by atoms with Gasteiger partial charge in [-0.25, -0.2) is 0 Å². The number of carbonyl (C=O) groups is 1. The molecule has 0 unspecified atom stereocenters. The Bertz CT molecular complexity index is 36.6. The Balaban J connectivity index is 2.83. The Hall–Kier alpha value is -0.305. The normalized spacial score (nSPS) is 13.8. The predicted octanol–water partition coefficient (Wildman–Crippen LogP) is -1.90. The minimum absolute atomic E-state index is 0.296. The van der Waals surface area contributed by atoms with Gasteiger partial charge in [-0.2, -0.15) is 0 Å². The maximum Gasteiger partial charge on any atom is 0.132 e. The van der Waals surface area contributed by atoms with Crippen molar-refractivity contribution in [2.24, 2.45) is 5.73 Å². The van der Waals surface area contributed by atoms with Crippen LogP contribution >= 0.6 is 0 Å². The Kier molecular flexibility index (Phi) is 1.85. The number of carbonyl (C=O) groups excluding carboxylic acids is 1. The molecule has 0 aliphatic heterocycles. The summed E-state index contributed by atoms with van der Waals surface area (Å²) in [5.41, 5.74) is 4.92. The molecule has 0 aromatic heterocycles. The van der Waals surface area contributed by atoms with Crippen LogP contribution in [-0.2, 0) is 4.79 Å². The standard InChI is InChI=1S/C2H6BNO/c3-2(4)1-5/h1-2H,3-4H2/t2-/m1/s1. The first-order valence-corrected chi connectivity index (χ1v) is 1.48. The van der Waals surface area contributed by atoms with Gasteiger partial charge in [0.05, 0.1) is 0 Å². The molecule has 0 aromatic rings. The Morgan fingerprint density at radius 1 is 2.00 bits per heavy atom. The highest BCUT2D eigenvalue weighted by molar-refractivity contribution is 6.19. The zero-order valence-electron chi connectivity index (χ0n) is 3.14. The first-order valence-electron chi connectivity index (χ1n) is 1.48. The van der Waals surface area contributed by atoms with Gasteiger partial charge in [0.1, 0.15) is 14.1 Å². The van der Waals surface area contributed by atoms with Crippen LogP contribution in [0.4, 0.5) is 0 Å². The van der Waals surface area contributed by atoms with Crippen LogP contribution in [0.15, 0.2) is 0 Å². The van der Waals surface area contributed by atoms with Crippen molar-refractivity contribution in [3.63, 3.8) is 0 Å². The van der Waals surface area contributed by atoms with Crippen molar-refractivity contribution < 1.29 is 4.79 Å². The third kappa shape index (κ3) is 3.69. The summed E-state index contributed by atoms with van der Waals surface area (Å²) in [7, 11) is 1.63. The number of aldehydes is 1. The van der Waals surface area contributed by atoms with Crippen LogP contribution in [0.1, 0.15) is 0 Å². The van der Waals surface area contributed by atoms with Gasteiger partial charge in [0, 0.05) is 5.94 Å². The van der Waals surface area contributed by atoms with E-state index < -0.39 is 0 Å². The number of nitrogens with two attached hydrogens (primary N) is 1. The first kappa shape index (κ1) is 4.69. The molecule has 28 valence electrons. The predicted molar refractivity (Wildman–Crippen MR) is 22.6 cm³/mol. The third-order valence-corrected chi connectivity index (χ3v) is 0.215. The minimum Gasteiger partial charge on any atom is -0.329 e. The van der Waals surface area contributed by atoms with Gasteiger partial charge in [-0.3, -0.25) is 0 Å². The molecule has 0 bridgehead atoms. The third-order valence-electron chi connectivity index (χ3n) is 0.215. The number of rotatable bonds is 1. The van der Waals surface area contributed by atoms with Crippen LogP contribution in [0, 0.1) is 0 Å². The van der Waals surface area contributed by atoms with E-state index in [-0.39, 0.29) is 5.94 Å². The molecular formula is C2H6BNO. The Labute approximate surface area is 31.8 Å². The molecule has 0 saturated heterocycles. The zero-order valence-corrected chi connectivity index (χ0v) is 3.14. The van der Waals surface area contributed by atoms with Gasteiger partial charge >= 0.3 is 0 Å². The monoisotopic (exact) mass is 71.1 g/mol. The van der Waals surface area contributed by atoms with Gasteiger partial charge in [0.25, 0.3) is 0 Å². The second kappa shape index (κ2) is 1.97. The fraction of sp³-hybridized carbons (Fsp3) is 0.500. The highest BCUT2D eigenvalue weighted by Crippen LogP contribution is 1.45. The van der Waals surface area contributed by atoms with Crippen molar-refractivity contribution in [3.05, 3.63) is 0 Å². The van der Waals surface area contributed by atoms with Crippen molar-refractivity contribution in [2.45, 2.75) is 5.94 Å². The molecule has 0 aliphatic carbocycles. The van der Waals surface area contributed by atoms with E-state index in [1.165, 1.54) is 0 Å². The van der Waals surface area contributed by atoms with Crippen molar-refractivity contribution in [1.82, 2.24) is 0 Å². The molecule has 0 aliphatic rings. The van der Waals surface area contributed by atoms with Crippen LogP contribution in [0.5, 0.6) is 0 Å². The van der Waals surface area contributed by atoms with Crippen LogP contribution < -0.4 is 5.73 Å². The lowest BCUT2D eigenvalue weighted by Crippen LogP contribution is -2.20. The molecule has 2 nitrogen and oxygen atoms in total. The molecule has 0 saturated carbocycles. The average Bonchev–Trinajstić information content (AvgIpc) is 1.38. The molecule has 0 heterocycles. The lowest BCUT2D eigenvalue weighted by atomic mass is 10.0. The van der Waals surface area contributed by atoms with Gasteiger partial charge in [-0.1, -0.05) is 0 Å². The first-order chi connectivity index (χ1) is 2.27. The number of hydrogen-bond donors (Lipinski definition) is 1. The SMILES string of the molecule is B[C@H](N)C=O. The van der Waals surface area contributed by atoms with Gasteiger partial charge < -0.3 is 10.5 Å². The van der Waals surface area contributed by atoms with Gasteiger partial charge in [-0.05, 0) is 0 Å². The summed E-state index contributed by atoms with van der Waals surface area (Å²) in [4.78, 5) is 9.38. The summed E-state index contributed by atoms with van der Waals surface area (Å²) < 4.78 is 0. The molecular weight excluding hydrogens is 64.8 g/mol. The lowest BCUT2D eigenvalue weighted by molar-refractivity contribution is -0.107. The topological polar surface area (TPSA) is 43.1 Å². The Morgan fingerprint density at radius 3 is 2.20 bits per heavy atom. The van der Waals surface area contributed by atoms with Crippen LogP contribution in [0.3, 0.4) is 0 Å². The van der Waals surface area contributed by atoms with Crippen LogP contribution in [0.2, 0.25) is 0 Å². The van der Waals surface area contributed by atoms with E-state index in [9.17, 15) is 4.79 Å². The van der Waals surface area contributed by atoms with Gasteiger partial charge in [-0.15, -0.1) is 0 Å².